The Morgan fingerprint density at radius 1 is 1.13 bits per heavy atom. The van der Waals surface area contributed by atoms with Gasteiger partial charge in [-0.3, -0.25) is 14.3 Å². The van der Waals surface area contributed by atoms with Crippen LogP contribution in [0.4, 0.5) is 4.79 Å². The van der Waals surface area contributed by atoms with E-state index in [2.05, 4.69) is 34.6 Å². The molecule has 0 amide bonds. The molecule has 0 aromatic carbocycles. The smallest absolute Gasteiger partial charge is 0.419 e. The molecule has 1 aliphatic rings. The van der Waals surface area contributed by atoms with Crippen molar-refractivity contribution in [3.63, 3.8) is 0 Å². The summed E-state index contributed by atoms with van der Waals surface area (Å²) in [6, 6.07) is 2.90. The molecule has 0 aliphatic heterocycles. The molecule has 4 aromatic heterocycles. The van der Waals surface area contributed by atoms with Gasteiger partial charge in [-0.25, -0.2) is 24.1 Å². The van der Waals surface area contributed by atoms with Gasteiger partial charge < -0.3 is 14.0 Å². The Bertz CT molecular complexity index is 1540. The molecule has 202 valence electrons. The number of aromatic amines is 1. The van der Waals surface area contributed by atoms with Crippen LogP contribution < -0.4 is 11.2 Å². The highest BCUT2D eigenvalue weighted by molar-refractivity contribution is 6.76. The standard InChI is InChI=1S/C26H34N6O5Si/c1-38(2,3)13-12-36-17-31-10-8-20-22-21(14-28-23(20)31)24(33)29-25(34)32(22)19-6-4-18(5-7-19)15-37-26(35)30-11-9-27-16-30/h8-11,14,16,18-19H,4-7,12-13,15,17H2,1-3H3,(H,29,33,34). The number of hydrogen-bond donors (Lipinski definition) is 1. The lowest BCUT2D eigenvalue weighted by Crippen LogP contribution is -2.35. The van der Waals surface area contributed by atoms with Gasteiger partial charge in [-0.05, 0) is 43.7 Å². The van der Waals surface area contributed by atoms with Crippen LogP contribution in [0.2, 0.25) is 25.7 Å². The SMILES string of the molecule is C[Si](C)(C)CCOCn1ccc2c1ncc1c(=O)[nH]c(=O)n(C3CCC(COC(=O)n4ccnc4)CC3)c12. The fourth-order valence-corrected chi connectivity index (χ4v) is 5.83. The van der Waals surface area contributed by atoms with Gasteiger partial charge in [0.2, 0.25) is 0 Å². The number of ether oxygens (including phenoxy) is 2. The first kappa shape index (κ1) is 26.1. The quantitative estimate of drug-likeness (QED) is 0.266. The Morgan fingerprint density at radius 2 is 1.92 bits per heavy atom. The summed E-state index contributed by atoms with van der Waals surface area (Å²) in [6.07, 6.45) is 10.6. The lowest BCUT2D eigenvalue weighted by atomic mass is 9.86. The van der Waals surface area contributed by atoms with Gasteiger partial charge in [0.1, 0.15) is 18.7 Å². The van der Waals surface area contributed by atoms with Gasteiger partial charge in [0.25, 0.3) is 5.56 Å². The molecular formula is C26H34N6O5Si. The van der Waals surface area contributed by atoms with E-state index in [0.717, 1.165) is 37.1 Å². The molecule has 0 saturated heterocycles. The van der Waals surface area contributed by atoms with E-state index in [1.54, 1.807) is 17.0 Å². The molecule has 1 saturated carbocycles. The highest BCUT2D eigenvalue weighted by Gasteiger charge is 2.27. The fourth-order valence-electron chi connectivity index (χ4n) is 5.07. The van der Waals surface area contributed by atoms with E-state index in [-0.39, 0.29) is 12.0 Å². The van der Waals surface area contributed by atoms with Crippen molar-refractivity contribution in [2.45, 2.75) is 64.1 Å². The molecule has 1 fully saturated rings. The number of rotatable bonds is 8. The average molecular weight is 539 g/mol. The second-order valence-electron chi connectivity index (χ2n) is 11.2. The van der Waals surface area contributed by atoms with Gasteiger partial charge in [0.05, 0.1) is 17.5 Å². The fraction of sp³-hybridized carbons (Fsp3) is 0.500. The van der Waals surface area contributed by atoms with Crippen LogP contribution in [0.1, 0.15) is 31.7 Å². The second kappa shape index (κ2) is 10.7. The summed E-state index contributed by atoms with van der Waals surface area (Å²) in [6.45, 7) is 8.31. The Morgan fingerprint density at radius 3 is 2.63 bits per heavy atom. The third-order valence-corrected chi connectivity index (χ3v) is 8.96. The first-order valence-electron chi connectivity index (χ1n) is 13.1. The lowest BCUT2D eigenvalue weighted by molar-refractivity contribution is 0.0899. The van der Waals surface area contributed by atoms with Crippen LogP contribution in [0, 0.1) is 5.92 Å². The summed E-state index contributed by atoms with van der Waals surface area (Å²) in [7, 11) is -1.19. The summed E-state index contributed by atoms with van der Waals surface area (Å²) in [5.74, 6) is 0.208. The molecule has 1 N–H and O–H groups in total. The summed E-state index contributed by atoms with van der Waals surface area (Å²) in [4.78, 5) is 48.8. The van der Waals surface area contributed by atoms with Crippen molar-refractivity contribution >= 4 is 36.1 Å². The van der Waals surface area contributed by atoms with Crippen LogP contribution in [0.3, 0.4) is 0 Å². The van der Waals surface area contributed by atoms with E-state index < -0.39 is 25.4 Å². The monoisotopic (exact) mass is 538 g/mol. The number of hydrogen-bond acceptors (Lipinski definition) is 7. The molecular weight excluding hydrogens is 504 g/mol. The van der Waals surface area contributed by atoms with Gasteiger partial charge in [0.15, 0.2) is 0 Å². The van der Waals surface area contributed by atoms with Gasteiger partial charge in [-0.2, -0.15) is 0 Å². The van der Waals surface area contributed by atoms with Crippen molar-refractivity contribution in [2.24, 2.45) is 5.92 Å². The molecule has 4 heterocycles. The Labute approximate surface area is 220 Å². The van der Waals surface area contributed by atoms with Crippen LogP contribution in [0.15, 0.2) is 46.8 Å². The molecule has 11 nitrogen and oxygen atoms in total. The molecule has 0 atom stereocenters. The summed E-state index contributed by atoms with van der Waals surface area (Å²) in [5, 5.41) is 1.15. The topological polar surface area (TPSA) is 126 Å². The first-order chi connectivity index (χ1) is 18.2. The number of carbonyl (C=O) groups is 1. The van der Waals surface area contributed by atoms with E-state index in [9.17, 15) is 14.4 Å². The maximum atomic E-state index is 13.1. The molecule has 0 radical (unpaired) electrons. The van der Waals surface area contributed by atoms with Crippen molar-refractivity contribution in [3.05, 3.63) is 58.0 Å². The van der Waals surface area contributed by atoms with Crippen molar-refractivity contribution in [2.75, 3.05) is 13.2 Å². The molecule has 5 rings (SSSR count). The minimum Gasteiger partial charge on any atom is -0.449 e. The molecule has 12 heteroatoms. The average Bonchev–Trinajstić information content (AvgIpc) is 3.56. The van der Waals surface area contributed by atoms with Crippen LogP contribution in [-0.4, -0.2) is 56.0 Å². The molecule has 38 heavy (non-hydrogen) atoms. The maximum absolute atomic E-state index is 13.1. The Balaban J connectivity index is 1.35. The third-order valence-electron chi connectivity index (χ3n) is 7.25. The van der Waals surface area contributed by atoms with Crippen molar-refractivity contribution in [3.8, 4) is 0 Å². The zero-order valence-corrected chi connectivity index (χ0v) is 23.1. The highest BCUT2D eigenvalue weighted by Crippen LogP contribution is 2.34. The van der Waals surface area contributed by atoms with E-state index in [1.165, 1.54) is 17.1 Å². The molecule has 1 aliphatic carbocycles. The van der Waals surface area contributed by atoms with Crippen LogP contribution >= 0.6 is 0 Å². The minimum atomic E-state index is -1.19. The normalized spacial score (nSPS) is 18.3. The van der Waals surface area contributed by atoms with Crippen molar-refractivity contribution in [1.82, 2.24) is 28.7 Å². The van der Waals surface area contributed by atoms with Crippen LogP contribution in [0.25, 0.3) is 21.9 Å². The van der Waals surface area contributed by atoms with Gasteiger partial charge in [-0.1, -0.05) is 19.6 Å². The largest absolute Gasteiger partial charge is 0.449 e. The number of pyridine rings is 1. The van der Waals surface area contributed by atoms with Crippen LogP contribution in [-0.2, 0) is 16.2 Å². The number of fused-ring (bicyclic) bond motifs is 3. The number of H-pyrrole nitrogens is 1. The number of imidazole rings is 1. The van der Waals surface area contributed by atoms with Gasteiger partial charge >= 0.3 is 11.8 Å². The van der Waals surface area contributed by atoms with Crippen molar-refractivity contribution in [1.29, 1.82) is 0 Å². The molecule has 0 unspecified atom stereocenters. The van der Waals surface area contributed by atoms with Gasteiger partial charge in [0, 0.05) is 50.9 Å². The van der Waals surface area contributed by atoms with E-state index in [4.69, 9.17) is 9.47 Å². The summed E-state index contributed by atoms with van der Waals surface area (Å²) in [5.41, 5.74) is 0.447. The van der Waals surface area contributed by atoms with E-state index >= 15 is 0 Å². The predicted octanol–water partition coefficient (Wildman–Crippen LogP) is 3.96. The zero-order chi connectivity index (χ0) is 26.9. The molecule has 4 aromatic rings. The number of aromatic nitrogens is 6. The zero-order valence-electron chi connectivity index (χ0n) is 22.1. The molecule has 0 bridgehead atoms. The van der Waals surface area contributed by atoms with Crippen LogP contribution in [0.5, 0.6) is 0 Å². The third kappa shape index (κ3) is 5.51. The van der Waals surface area contributed by atoms with Gasteiger partial charge in [-0.15, -0.1) is 0 Å². The first-order valence-corrected chi connectivity index (χ1v) is 16.8. The minimum absolute atomic E-state index is 0.0793. The van der Waals surface area contributed by atoms with E-state index in [1.807, 2.05) is 16.8 Å². The number of carbonyl (C=O) groups excluding carboxylic acids is 1. The summed E-state index contributed by atoms with van der Waals surface area (Å²) >= 11 is 0. The maximum Gasteiger partial charge on any atom is 0.419 e. The molecule has 0 spiro atoms. The highest BCUT2D eigenvalue weighted by atomic mass is 28.3. The summed E-state index contributed by atoms with van der Waals surface area (Å²) < 4.78 is 16.3. The second-order valence-corrected chi connectivity index (χ2v) is 16.9. The number of nitrogens with zero attached hydrogens (tertiary/aromatic N) is 5. The van der Waals surface area contributed by atoms with E-state index in [0.29, 0.717) is 36.5 Å². The van der Waals surface area contributed by atoms with Crippen molar-refractivity contribution < 1.29 is 14.3 Å². The number of nitrogens with one attached hydrogen (secondary N) is 1. The Kier molecular flexibility index (Phi) is 7.35. The Hall–Kier alpha value is -3.51. The predicted molar refractivity (Wildman–Crippen MR) is 146 cm³/mol. The lowest BCUT2D eigenvalue weighted by Gasteiger charge is -2.30.